The fourth-order valence-corrected chi connectivity index (χ4v) is 1.26. The van der Waals surface area contributed by atoms with E-state index in [4.69, 9.17) is 10.00 Å². The van der Waals surface area contributed by atoms with Crippen molar-refractivity contribution < 1.29 is 19.7 Å². The summed E-state index contributed by atoms with van der Waals surface area (Å²) in [6.07, 6.45) is -0.107. The lowest BCUT2D eigenvalue weighted by atomic mass is 10.0. The van der Waals surface area contributed by atoms with Crippen LogP contribution in [0.4, 0.5) is 0 Å². The first kappa shape index (κ1) is 11.9. The smallest absolute Gasteiger partial charge is 0.310 e. The van der Waals surface area contributed by atoms with Crippen LogP contribution in [0.5, 0.6) is 11.5 Å². The highest BCUT2D eigenvalue weighted by Gasteiger charge is 2.14. The van der Waals surface area contributed by atoms with Crippen LogP contribution in [0.25, 0.3) is 0 Å². The number of phenols is 2. The Morgan fingerprint density at radius 3 is 2.75 bits per heavy atom. The average molecular weight is 221 g/mol. The van der Waals surface area contributed by atoms with E-state index in [1.807, 2.05) is 0 Å². The predicted molar refractivity (Wildman–Crippen MR) is 54.8 cm³/mol. The summed E-state index contributed by atoms with van der Waals surface area (Å²) in [6, 6.07) is 4.37. The molecule has 0 aliphatic rings. The van der Waals surface area contributed by atoms with Gasteiger partial charge in [-0.15, -0.1) is 0 Å². The van der Waals surface area contributed by atoms with Crippen molar-refractivity contribution in [1.29, 1.82) is 5.26 Å². The number of ether oxygens (including phenoxy) is 1. The van der Waals surface area contributed by atoms with Crippen LogP contribution in [0.15, 0.2) is 12.1 Å². The molecular formula is C11H11NO4. The number of hydrogen-bond donors (Lipinski definition) is 2. The summed E-state index contributed by atoms with van der Waals surface area (Å²) in [6.45, 7) is 1.93. The van der Waals surface area contributed by atoms with Gasteiger partial charge in [-0.1, -0.05) is 6.07 Å². The monoisotopic (exact) mass is 221 g/mol. The number of nitriles is 1. The van der Waals surface area contributed by atoms with E-state index in [0.717, 1.165) is 0 Å². The number of rotatable bonds is 3. The quantitative estimate of drug-likeness (QED) is 0.588. The Labute approximate surface area is 92.5 Å². The van der Waals surface area contributed by atoms with Crippen LogP contribution in [-0.4, -0.2) is 22.8 Å². The maximum atomic E-state index is 11.2. The van der Waals surface area contributed by atoms with E-state index in [0.29, 0.717) is 5.56 Å². The van der Waals surface area contributed by atoms with Gasteiger partial charge < -0.3 is 14.9 Å². The first-order valence-electron chi connectivity index (χ1n) is 4.69. The fraction of sp³-hybridized carbons (Fsp3) is 0.273. The molecule has 0 aliphatic heterocycles. The Morgan fingerprint density at radius 2 is 2.19 bits per heavy atom. The molecule has 1 aromatic rings. The molecule has 2 N–H and O–H groups in total. The van der Waals surface area contributed by atoms with Crippen molar-refractivity contribution in [3.05, 3.63) is 23.3 Å². The van der Waals surface area contributed by atoms with Crippen LogP contribution < -0.4 is 0 Å². The highest BCUT2D eigenvalue weighted by atomic mass is 16.5. The van der Waals surface area contributed by atoms with E-state index >= 15 is 0 Å². The number of benzene rings is 1. The molecule has 0 saturated heterocycles. The minimum atomic E-state index is -0.510. The van der Waals surface area contributed by atoms with Crippen LogP contribution in [0, 0.1) is 11.3 Å². The van der Waals surface area contributed by atoms with E-state index in [9.17, 15) is 15.0 Å². The van der Waals surface area contributed by atoms with Crippen molar-refractivity contribution in [2.24, 2.45) is 0 Å². The Bertz CT molecular complexity index is 448. The van der Waals surface area contributed by atoms with Crippen LogP contribution in [0.2, 0.25) is 0 Å². The second-order valence-corrected chi connectivity index (χ2v) is 3.06. The van der Waals surface area contributed by atoms with Crippen LogP contribution in [-0.2, 0) is 16.0 Å². The standard InChI is InChI=1S/C11H11NO4/c1-2-16-10(14)5-7-3-4-9(13)11(15)8(7)6-12/h3-4,13,15H,2,5H2,1H3. The Morgan fingerprint density at radius 1 is 1.50 bits per heavy atom. The third-order valence-electron chi connectivity index (χ3n) is 1.99. The number of aromatic hydroxyl groups is 2. The lowest BCUT2D eigenvalue weighted by Gasteiger charge is -2.06. The van der Waals surface area contributed by atoms with E-state index in [2.05, 4.69) is 0 Å². The SMILES string of the molecule is CCOC(=O)Cc1ccc(O)c(O)c1C#N. The minimum Gasteiger partial charge on any atom is -0.504 e. The number of phenolic OH excluding ortho intramolecular Hbond substituents is 2. The molecule has 84 valence electrons. The van der Waals surface area contributed by atoms with Gasteiger partial charge in [0.05, 0.1) is 13.0 Å². The molecule has 0 fully saturated rings. The second-order valence-electron chi connectivity index (χ2n) is 3.06. The van der Waals surface area contributed by atoms with Crippen LogP contribution in [0.3, 0.4) is 0 Å². The first-order chi connectivity index (χ1) is 7.60. The number of carbonyl (C=O) groups excluding carboxylic acids is 1. The van der Waals surface area contributed by atoms with Crippen molar-refractivity contribution in [2.75, 3.05) is 6.61 Å². The van der Waals surface area contributed by atoms with E-state index in [-0.39, 0.29) is 24.3 Å². The zero-order valence-electron chi connectivity index (χ0n) is 8.73. The maximum absolute atomic E-state index is 11.2. The topological polar surface area (TPSA) is 90.6 Å². The largest absolute Gasteiger partial charge is 0.504 e. The Balaban J connectivity index is 3.02. The summed E-state index contributed by atoms with van der Waals surface area (Å²) in [5.41, 5.74) is 0.226. The molecule has 0 unspecified atom stereocenters. The minimum absolute atomic E-state index is 0.104. The highest BCUT2D eigenvalue weighted by Crippen LogP contribution is 2.30. The molecule has 0 aromatic heterocycles. The van der Waals surface area contributed by atoms with Gasteiger partial charge >= 0.3 is 5.97 Å². The Hall–Kier alpha value is -2.22. The molecule has 5 heteroatoms. The van der Waals surface area contributed by atoms with E-state index in [1.165, 1.54) is 12.1 Å². The van der Waals surface area contributed by atoms with Crippen molar-refractivity contribution in [3.63, 3.8) is 0 Å². The van der Waals surface area contributed by atoms with Gasteiger partial charge in [0.2, 0.25) is 0 Å². The van der Waals surface area contributed by atoms with Crippen LogP contribution in [0.1, 0.15) is 18.1 Å². The normalized spacial score (nSPS) is 9.50. The van der Waals surface area contributed by atoms with Crippen molar-refractivity contribution in [1.82, 2.24) is 0 Å². The summed E-state index contributed by atoms with van der Waals surface area (Å²) >= 11 is 0. The number of hydrogen-bond acceptors (Lipinski definition) is 5. The summed E-state index contributed by atoms with van der Waals surface area (Å²) in [5, 5.41) is 27.4. The summed E-state index contributed by atoms with van der Waals surface area (Å²) in [4.78, 5) is 11.2. The molecule has 0 spiro atoms. The molecule has 5 nitrogen and oxygen atoms in total. The van der Waals surface area contributed by atoms with Crippen molar-refractivity contribution >= 4 is 5.97 Å². The summed E-state index contributed by atoms with van der Waals surface area (Å²) in [7, 11) is 0. The molecule has 1 aromatic carbocycles. The van der Waals surface area contributed by atoms with Crippen molar-refractivity contribution in [3.8, 4) is 17.6 Å². The van der Waals surface area contributed by atoms with Gasteiger partial charge in [0.15, 0.2) is 11.5 Å². The number of esters is 1. The molecule has 0 radical (unpaired) electrons. The lowest BCUT2D eigenvalue weighted by molar-refractivity contribution is -0.142. The number of nitrogens with zero attached hydrogens (tertiary/aromatic N) is 1. The van der Waals surface area contributed by atoms with Gasteiger partial charge in [-0.25, -0.2) is 0 Å². The number of carbonyl (C=O) groups is 1. The third-order valence-corrected chi connectivity index (χ3v) is 1.99. The maximum Gasteiger partial charge on any atom is 0.310 e. The molecule has 0 amide bonds. The summed E-state index contributed by atoms with van der Waals surface area (Å²) < 4.78 is 4.72. The molecule has 16 heavy (non-hydrogen) atoms. The highest BCUT2D eigenvalue weighted by molar-refractivity contribution is 5.74. The van der Waals surface area contributed by atoms with Gasteiger partial charge in [-0.2, -0.15) is 5.26 Å². The van der Waals surface area contributed by atoms with Crippen LogP contribution >= 0.6 is 0 Å². The average Bonchev–Trinajstić information content (AvgIpc) is 2.24. The summed E-state index contributed by atoms with van der Waals surface area (Å²) in [5.74, 6) is -1.38. The van der Waals surface area contributed by atoms with E-state index in [1.54, 1.807) is 13.0 Å². The van der Waals surface area contributed by atoms with Gasteiger partial charge in [-0.05, 0) is 18.6 Å². The Kier molecular flexibility index (Phi) is 3.72. The van der Waals surface area contributed by atoms with Gasteiger partial charge in [0, 0.05) is 0 Å². The molecule has 0 heterocycles. The predicted octanol–water partition coefficient (Wildman–Crippen LogP) is 1.08. The van der Waals surface area contributed by atoms with E-state index < -0.39 is 11.7 Å². The third kappa shape index (κ3) is 2.42. The lowest BCUT2D eigenvalue weighted by Crippen LogP contribution is -2.08. The van der Waals surface area contributed by atoms with Gasteiger partial charge in [0.25, 0.3) is 0 Å². The first-order valence-corrected chi connectivity index (χ1v) is 4.69. The van der Waals surface area contributed by atoms with Gasteiger partial charge in [-0.3, -0.25) is 4.79 Å². The molecular weight excluding hydrogens is 210 g/mol. The molecule has 1 rings (SSSR count). The molecule has 0 saturated carbocycles. The molecule has 0 aliphatic carbocycles. The zero-order valence-corrected chi connectivity index (χ0v) is 8.73. The zero-order chi connectivity index (χ0) is 12.1. The van der Waals surface area contributed by atoms with Gasteiger partial charge in [0.1, 0.15) is 11.6 Å². The molecule has 0 bridgehead atoms. The fourth-order valence-electron chi connectivity index (χ4n) is 1.26. The van der Waals surface area contributed by atoms with Crippen molar-refractivity contribution in [2.45, 2.75) is 13.3 Å². The molecule has 0 atom stereocenters. The second kappa shape index (κ2) is 5.03.